The van der Waals surface area contributed by atoms with Gasteiger partial charge in [0.05, 0.1) is 16.5 Å². The van der Waals surface area contributed by atoms with E-state index in [1.807, 2.05) is 6.07 Å². The van der Waals surface area contributed by atoms with Crippen molar-refractivity contribution < 1.29 is 9.53 Å². The van der Waals surface area contributed by atoms with E-state index in [0.717, 1.165) is 4.47 Å². The highest BCUT2D eigenvalue weighted by Gasteiger charge is 2.17. The van der Waals surface area contributed by atoms with Crippen molar-refractivity contribution in [2.45, 2.75) is 13.0 Å². The average Bonchev–Trinajstić information content (AvgIpc) is 2.54. The van der Waals surface area contributed by atoms with Crippen molar-refractivity contribution in [2.24, 2.45) is 0 Å². The number of aromatic nitrogens is 2. The first-order valence-corrected chi connectivity index (χ1v) is 7.79. The molecule has 1 atom stereocenters. The molecule has 5 nitrogen and oxygen atoms in total. The molecule has 0 radical (unpaired) electrons. The second-order valence-corrected chi connectivity index (χ2v) is 5.94. The molecule has 0 aliphatic carbocycles. The second kappa shape index (κ2) is 6.34. The number of nitrogens with one attached hydrogen (secondary N) is 1. The van der Waals surface area contributed by atoms with Gasteiger partial charge in [-0.1, -0.05) is 34.1 Å². The second-order valence-electron chi connectivity index (χ2n) is 5.03. The molecular formula is C17H13BrN2O3. The van der Waals surface area contributed by atoms with E-state index in [1.54, 1.807) is 49.4 Å². The van der Waals surface area contributed by atoms with Crippen LogP contribution in [0.2, 0.25) is 0 Å². The van der Waals surface area contributed by atoms with Crippen LogP contribution in [0.1, 0.15) is 29.2 Å². The summed E-state index contributed by atoms with van der Waals surface area (Å²) in [6.07, 6.45) is -0.668. The molecule has 0 amide bonds. The van der Waals surface area contributed by atoms with Crippen molar-refractivity contribution >= 4 is 32.8 Å². The first kappa shape index (κ1) is 15.4. The molecule has 1 N–H and O–H groups in total. The van der Waals surface area contributed by atoms with Gasteiger partial charge in [-0.25, -0.2) is 9.78 Å². The van der Waals surface area contributed by atoms with Crippen molar-refractivity contribution in [3.05, 3.63) is 74.7 Å². The fourth-order valence-electron chi connectivity index (χ4n) is 2.20. The Morgan fingerprint density at radius 2 is 2.00 bits per heavy atom. The summed E-state index contributed by atoms with van der Waals surface area (Å²) in [5.74, 6) is -0.161. The van der Waals surface area contributed by atoms with Gasteiger partial charge < -0.3 is 9.72 Å². The minimum Gasteiger partial charge on any atom is -0.451 e. The van der Waals surface area contributed by atoms with Crippen molar-refractivity contribution in [1.82, 2.24) is 9.97 Å². The molecule has 1 aromatic heterocycles. The number of halogens is 1. The number of carbonyl (C=O) groups is 1. The number of fused-ring (bicyclic) bond motifs is 1. The van der Waals surface area contributed by atoms with Gasteiger partial charge in [0.2, 0.25) is 0 Å². The minimum absolute atomic E-state index is 0.254. The summed E-state index contributed by atoms with van der Waals surface area (Å²) in [4.78, 5) is 31.3. The molecule has 0 saturated heterocycles. The lowest BCUT2D eigenvalue weighted by Gasteiger charge is -2.13. The van der Waals surface area contributed by atoms with E-state index in [9.17, 15) is 9.59 Å². The Kier molecular flexibility index (Phi) is 4.25. The zero-order valence-corrected chi connectivity index (χ0v) is 13.8. The molecule has 116 valence electrons. The Labute approximate surface area is 140 Å². The van der Waals surface area contributed by atoms with Crippen molar-refractivity contribution in [2.75, 3.05) is 0 Å². The van der Waals surface area contributed by atoms with Gasteiger partial charge in [0.1, 0.15) is 0 Å². The summed E-state index contributed by atoms with van der Waals surface area (Å²) in [7, 11) is 0. The lowest BCUT2D eigenvalue weighted by atomic mass is 10.2. The molecule has 23 heavy (non-hydrogen) atoms. The summed E-state index contributed by atoms with van der Waals surface area (Å²) in [5.41, 5.74) is 0.738. The summed E-state index contributed by atoms with van der Waals surface area (Å²) < 4.78 is 6.18. The van der Waals surface area contributed by atoms with Crippen molar-refractivity contribution in [1.29, 1.82) is 0 Å². The Hall–Kier alpha value is -2.47. The molecule has 3 aromatic rings. The molecule has 0 aliphatic rings. The highest BCUT2D eigenvalue weighted by atomic mass is 79.9. The number of para-hydroxylation sites is 1. The van der Waals surface area contributed by atoms with E-state index >= 15 is 0 Å². The van der Waals surface area contributed by atoms with Crippen LogP contribution >= 0.6 is 15.9 Å². The number of hydrogen-bond donors (Lipinski definition) is 1. The molecule has 0 fully saturated rings. The van der Waals surface area contributed by atoms with Crippen LogP contribution in [0.5, 0.6) is 0 Å². The SMILES string of the molecule is CC(OC(=O)c1cccc(Br)c1)c1nc2ccccc2c(=O)[nH]1. The Bertz CT molecular complexity index is 936. The van der Waals surface area contributed by atoms with E-state index in [4.69, 9.17) is 4.74 Å². The van der Waals surface area contributed by atoms with Gasteiger partial charge in [-0.15, -0.1) is 0 Å². The number of ether oxygens (including phenoxy) is 1. The maximum absolute atomic E-state index is 12.2. The predicted octanol–water partition coefficient (Wildman–Crippen LogP) is 3.60. The largest absolute Gasteiger partial charge is 0.451 e. The molecule has 0 spiro atoms. The molecule has 0 saturated carbocycles. The molecule has 0 bridgehead atoms. The van der Waals surface area contributed by atoms with Crippen molar-refractivity contribution in [3.8, 4) is 0 Å². The van der Waals surface area contributed by atoms with Crippen molar-refractivity contribution in [3.63, 3.8) is 0 Å². The number of aromatic amines is 1. The molecule has 1 heterocycles. The number of H-pyrrole nitrogens is 1. The van der Waals surface area contributed by atoms with Gasteiger partial charge in [0.25, 0.3) is 5.56 Å². The summed E-state index contributed by atoms with van der Waals surface area (Å²) in [6.45, 7) is 1.67. The highest BCUT2D eigenvalue weighted by Crippen LogP contribution is 2.18. The third-order valence-electron chi connectivity index (χ3n) is 3.36. The van der Waals surface area contributed by atoms with E-state index in [-0.39, 0.29) is 5.56 Å². The molecule has 3 rings (SSSR count). The Balaban J connectivity index is 1.87. The number of rotatable bonds is 3. The smallest absolute Gasteiger partial charge is 0.338 e. The van der Waals surface area contributed by atoms with E-state index in [2.05, 4.69) is 25.9 Å². The van der Waals surface area contributed by atoms with Gasteiger partial charge in [-0.2, -0.15) is 0 Å². The fourth-order valence-corrected chi connectivity index (χ4v) is 2.60. The van der Waals surface area contributed by atoms with Crippen LogP contribution in [0.25, 0.3) is 10.9 Å². The van der Waals surface area contributed by atoms with Crippen LogP contribution in [-0.4, -0.2) is 15.9 Å². The number of hydrogen-bond acceptors (Lipinski definition) is 4. The fraction of sp³-hybridized carbons (Fsp3) is 0.118. The van der Waals surface area contributed by atoms with Crippen LogP contribution in [0.4, 0.5) is 0 Å². The average molecular weight is 373 g/mol. The summed E-state index contributed by atoms with van der Waals surface area (Å²) in [6, 6.07) is 13.9. The number of carbonyl (C=O) groups excluding carboxylic acids is 1. The van der Waals surface area contributed by atoms with Crippen LogP contribution < -0.4 is 5.56 Å². The standard InChI is InChI=1S/C17H13BrN2O3/c1-10(23-17(22)11-5-4-6-12(18)9-11)15-19-14-8-3-2-7-13(14)16(21)20-15/h2-10H,1H3,(H,19,20,21). The number of benzene rings is 2. The lowest BCUT2D eigenvalue weighted by molar-refractivity contribution is 0.0320. The maximum atomic E-state index is 12.2. The van der Waals surface area contributed by atoms with Crippen LogP contribution in [0.15, 0.2) is 57.8 Å². The van der Waals surface area contributed by atoms with Crippen LogP contribution in [-0.2, 0) is 4.74 Å². The molecule has 0 aliphatic heterocycles. The van der Waals surface area contributed by atoms with Crippen LogP contribution in [0.3, 0.4) is 0 Å². The minimum atomic E-state index is -0.668. The van der Waals surface area contributed by atoms with Gasteiger partial charge in [-0.05, 0) is 37.3 Å². The topological polar surface area (TPSA) is 72.0 Å². The zero-order chi connectivity index (χ0) is 16.4. The maximum Gasteiger partial charge on any atom is 0.338 e. The van der Waals surface area contributed by atoms with Gasteiger partial charge in [0, 0.05) is 4.47 Å². The normalized spacial score (nSPS) is 12.1. The van der Waals surface area contributed by atoms with Gasteiger partial charge in [-0.3, -0.25) is 4.79 Å². The van der Waals surface area contributed by atoms with Gasteiger partial charge >= 0.3 is 5.97 Å². The Morgan fingerprint density at radius 3 is 2.78 bits per heavy atom. The van der Waals surface area contributed by atoms with Crippen LogP contribution in [0, 0.1) is 0 Å². The third kappa shape index (κ3) is 3.32. The predicted molar refractivity (Wildman–Crippen MR) is 90.3 cm³/mol. The molecule has 6 heteroatoms. The molecule has 2 aromatic carbocycles. The third-order valence-corrected chi connectivity index (χ3v) is 3.85. The lowest BCUT2D eigenvalue weighted by Crippen LogP contribution is -2.17. The van der Waals surface area contributed by atoms with E-state index in [0.29, 0.717) is 22.3 Å². The quantitative estimate of drug-likeness (QED) is 0.712. The number of esters is 1. The van der Waals surface area contributed by atoms with E-state index in [1.165, 1.54) is 0 Å². The monoisotopic (exact) mass is 372 g/mol. The number of nitrogens with zero attached hydrogens (tertiary/aromatic N) is 1. The summed E-state index contributed by atoms with van der Waals surface area (Å²) in [5, 5.41) is 0.502. The molecule has 1 unspecified atom stereocenters. The first-order valence-electron chi connectivity index (χ1n) is 7.00. The molecular weight excluding hydrogens is 360 g/mol. The zero-order valence-electron chi connectivity index (χ0n) is 12.2. The van der Waals surface area contributed by atoms with E-state index < -0.39 is 12.1 Å². The first-order chi connectivity index (χ1) is 11.0. The van der Waals surface area contributed by atoms with Gasteiger partial charge in [0.15, 0.2) is 11.9 Å². The Morgan fingerprint density at radius 1 is 1.22 bits per heavy atom. The highest BCUT2D eigenvalue weighted by molar-refractivity contribution is 9.10. The summed E-state index contributed by atoms with van der Waals surface area (Å²) >= 11 is 3.31.